The molecule has 2 fully saturated rings. The number of H-pyrrole nitrogens is 1. The number of nitrogens with one attached hydrogen (secondary N) is 3. The van der Waals surface area contributed by atoms with E-state index in [9.17, 15) is 24.3 Å². The molecule has 4 amide bonds. The van der Waals surface area contributed by atoms with Crippen molar-refractivity contribution in [1.82, 2.24) is 19.8 Å². The lowest BCUT2D eigenvalue weighted by Crippen LogP contribution is -2.56. The number of hydrogen-bond acceptors (Lipinski definition) is 6. The first-order valence-electron chi connectivity index (χ1n) is 17.0. The highest BCUT2D eigenvalue weighted by molar-refractivity contribution is 6.01. The number of aromatic amines is 1. The van der Waals surface area contributed by atoms with Crippen molar-refractivity contribution >= 4 is 46.5 Å². The summed E-state index contributed by atoms with van der Waals surface area (Å²) in [7, 11) is 0. The molecular formula is C39H38N6O6. The topological polar surface area (TPSA) is 157 Å². The molecule has 4 N–H and O–H groups in total. The van der Waals surface area contributed by atoms with Crippen LogP contribution in [0.5, 0.6) is 0 Å². The number of ether oxygens (including phenoxy) is 1. The molecule has 3 aromatic carbocycles. The molecule has 7 rings (SSSR count). The fourth-order valence-electron chi connectivity index (χ4n) is 7.08. The van der Waals surface area contributed by atoms with Crippen LogP contribution < -0.4 is 10.6 Å². The Morgan fingerprint density at radius 1 is 0.863 bits per heavy atom. The zero-order valence-electron chi connectivity index (χ0n) is 27.9. The second-order valence-corrected chi connectivity index (χ2v) is 13.0. The Bertz CT molecular complexity index is 2050. The molecule has 0 unspecified atom stereocenters. The number of amides is 4. The molecule has 2 saturated heterocycles. The number of likely N-dealkylation sites (tertiary alicyclic amines) is 2. The number of carboxylic acid groups (broad SMARTS) is 1. The summed E-state index contributed by atoms with van der Waals surface area (Å²) in [6.07, 6.45) is 0.905. The molecule has 260 valence electrons. The first-order valence-corrected chi connectivity index (χ1v) is 17.0. The zero-order chi connectivity index (χ0) is 35.4. The van der Waals surface area contributed by atoms with Crippen LogP contribution in [0.25, 0.3) is 22.3 Å². The van der Waals surface area contributed by atoms with E-state index in [4.69, 9.17) is 4.74 Å². The van der Waals surface area contributed by atoms with Crippen LogP contribution in [0, 0.1) is 0 Å². The van der Waals surface area contributed by atoms with Crippen molar-refractivity contribution in [1.29, 1.82) is 0 Å². The quantitative estimate of drug-likeness (QED) is 0.135. The minimum atomic E-state index is -1.24. The second kappa shape index (κ2) is 14.4. The van der Waals surface area contributed by atoms with Crippen molar-refractivity contribution in [2.24, 2.45) is 0 Å². The van der Waals surface area contributed by atoms with Crippen LogP contribution >= 0.6 is 0 Å². The summed E-state index contributed by atoms with van der Waals surface area (Å²) in [6.45, 7) is 0.889. The van der Waals surface area contributed by atoms with Crippen molar-refractivity contribution in [2.75, 3.05) is 23.7 Å². The summed E-state index contributed by atoms with van der Waals surface area (Å²) in [4.78, 5) is 62.8. The predicted octanol–water partition coefficient (Wildman–Crippen LogP) is 6.66. The van der Waals surface area contributed by atoms with Gasteiger partial charge >= 0.3 is 12.2 Å². The van der Waals surface area contributed by atoms with Crippen molar-refractivity contribution in [3.05, 3.63) is 114 Å². The van der Waals surface area contributed by atoms with Gasteiger partial charge < -0.3 is 25.5 Å². The number of carbonyl (C=O) groups excluding carboxylic acids is 3. The molecule has 2 aromatic heterocycles. The summed E-state index contributed by atoms with van der Waals surface area (Å²) in [5.41, 5.74) is 4.14. The summed E-state index contributed by atoms with van der Waals surface area (Å²) >= 11 is 0. The molecule has 0 aliphatic carbocycles. The molecule has 2 atom stereocenters. The lowest BCUT2D eigenvalue weighted by molar-refractivity contribution is -0.125. The van der Waals surface area contributed by atoms with E-state index >= 15 is 0 Å². The van der Waals surface area contributed by atoms with Gasteiger partial charge in [0.05, 0.1) is 11.0 Å². The smallest absolute Gasteiger partial charge is 0.410 e. The predicted molar refractivity (Wildman–Crippen MR) is 192 cm³/mol. The van der Waals surface area contributed by atoms with E-state index in [-0.39, 0.29) is 25.5 Å². The van der Waals surface area contributed by atoms with Gasteiger partial charge in [0.25, 0.3) is 5.91 Å². The van der Waals surface area contributed by atoms with Gasteiger partial charge in [-0.25, -0.2) is 14.6 Å². The third-order valence-corrected chi connectivity index (χ3v) is 9.66. The minimum absolute atomic E-state index is 0.145. The Morgan fingerprint density at radius 3 is 2.31 bits per heavy atom. The molecule has 12 heteroatoms. The van der Waals surface area contributed by atoms with Crippen molar-refractivity contribution in [3.63, 3.8) is 0 Å². The van der Waals surface area contributed by atoms with Gasteiger partial charge in [-0.2, -0.15) is 0 Å². The molecular weight excluding hydrogens is 648 g/mol. The molecule has 12 nitrogen and oxygen atoms in total. The highest BCUT2D eigenvalue weighted by Gasteiger charge is 2.50. The van der Waals surface area contributed by atoms with Gasteiger partial charge in [0.2, 0.25) is 5.91 Å². The molecule has 5 aromatic rings. The number of carbonyl (C=O) groups is 4. The van der Waals surface area contributed by atoms with Gasteiger partial charge in [0, 0.05) is 30.9 Å². The van der Waals surface area contributed by atoms with Crippen LogP contribution in [0.2, 0.25) is 0 Å². The SMILES string of the molecule is O=C(Nc1ccc(-c2cc3nc(NC(=O)[C@@]4(Cc5ccccc5)CCCN4C(=O)O)ccc3[nH]2)cc1)[C@@H]1CCCN1C(=O)OCc1ccccc1. The molecule has 51 heavy (non-hydrogen) atoms. The normalized spacial score (nSPS) is 18.5. The summed E-state index contributed by atoms with van der Waals surface area (Å²) in [5, 5.41) is 15.8. The van der Waals surface area contributed by atoms with Gasteiger partial charge in [-0.3, -0.25) is 19.4 Å². The fraction of sp³-hybridized carbons (Fsp3) is 0.256. The Kier molecular flexibility index (Phi) is 9.38. The van der Waals surface area contributed by atoms with E-state index in [0.29, 0.717) is 49.2 Å². The summed E-state index contributed by atoms with van der Waals surface area (Å²) in [5.74, 6) is -0.349. The number of benzene rings is 3. The molecule has 0 bridgehead atoms. The van der Waals surface area contributed by atoms with Crippen molar-refractivity contribution in [2.45, 2.75) is 50.3 Å². The van der Waals surface area contributed by atoms with E-state index in [0.717, 1.165) is 27.9 Å². The standard InChI is InChI=1S/C39H38N6O6/c46-35(33-13-7-21-44(33)38(50)51-25-27-11-5-2-6-12-27)40-29-16-14-28(15-17-29)31-23-32-30(41-31)18-19-34(42-32)43-36(47)39(20-8-22-45(39)37(48)49)24-26-9-3-1-4-10-26/h1-6,9-12,14-19,23,33,41H,7-8,13,20-22,24-25H2,(H,40,46)(H,48,49)(H,42,43,47)/t33-,39-/m0/s1. The minimum Gasteiger partial charge on any atom is -0.465 e. The molecule has 4 heterocycles. The number of aromatic nitrogens is 2. The third-order valence-electron chi connectivity index (χ3n) is 9.66. The Balaban J connectivity index is 1.00. The average molecular weight is 687 g/mol. The second-order valence-electron chi connectivity index (χ2n) is 13.0. The van der Waals surface area contributed by atoms with Crippen LogP contribution in [0.15, 0.2) is 103 Å². The number of hydrogen-bond donors (Lipinski definition) is 4. The Labute approximate surface area is 294 Å². The van der Waals surface area contributed by atoms with Crippen LogP contribution in [0.4, 0.5) is 21.1 Å². The molecule has 2 aliphatic heterocycles. The molecule has 0 saturated carbocycles. The maximum Gasteiger partial charge on any atom is 0.410 e. The Hall–Kier alpha value is -6.17. The maximum absolute atomic E-state index is 13.8. The van der Waals surface area contributed by atoms with E-state index in [1.54, 1.807) is 18.2 Å². The number of fused-ring (bicyclic) bond motifs is 1. The van der Waals surface area contributed by atoms with Crippen LogP contribution in [-0.4, -0.2) is 73.5 Å². The van der Waals surface area contributed by atoms with Crippen LogP contribution in [0.3, 0.4) is 0 Å². The lowest BCUT2D eigenvalue weighted by atomic mass is 9.87. The highest BCUT2D eigenvalue weighted by Crippen LogP contribution is 2.35. The summed E-state index contributed by atoms with van der Waals surface area (Å²) < 4.78 is 5.48. The van der Waals surface area contributed by atoms with E-state index in [2.05, 4.69) is 20.6 Å². The third kappa shape index (κ3) is 7.11. The number of nitrogens with zero attached hydrogens (tertiary/aromatic N) is 3. The monoisotopic (exact) mass is 686 g/mol. The van der Waals surface area contributed by atoms with E-state index in [1.807, 2.05) is 84.9 Å². The van der Waals surface area contributed by atoms with Crippen molar-refractivity contribution < 1.29 is 29.0 Å². The van der Waals surface area contributed by atoms with Gasteiger partial charge in [0.15, 0.2) is 0 Å². The van der Waals surface area contributed by atoms with Crippen LogP contribution in [0.1, 0.15) is 36.8 Å². The molecule has 0 spiro atoms. The van der Waals surface area contributed by atoms with E-state index in [1.165, 1.54) is 9.80 Å². The van der Waals surface area contributed by atoms with Crippen molar-refractivity contribution in [3.8, 4) is 11.3 Å². The lowest BCUT2D eigenvalue weighted by Gasteiger charge is -2.35. The van der Waals surface area contributed by atoms with Gasteiger partial charge in [-0.05, 0) is 72.7 Å². The number of anilines is 2. The molecule has 0 radical (unpaired) electrons. The van der Waals surface area contributed by atoms with E-state index < -0.39 is 29.7 Å². The number of pyridine rings is 1. The maximum atomic E-state index is 13.8. The highest BCUT2D eigenvalue weighted by atomic mass is 16.6. The zero-order valence-corrected chi connectivity index (χ0v) is 27.9. The van der Waals surface area contributed by atoms with Gasteiger partial charge in [-0.15, -0.1) is 0 Å². The molecule has 2 aliphatic rings. The fourth-order valence-corrected chi connectivity index (χ4v) is 7.08. The van der Waals surface area contributed by atoms with Gasteiger partial charge in [-0.1, -0.05) is 72.8 Å². The average Bonchev–Trinajstić information content (AvgIpc) is 3.91. The summed E-state index contributed by atoms with van der Waals surface area (Å²) in [6, 6.07) is 31.0. The number of rotatable bonds is 9. The Morgan fingerprint density at radius 2 is 1.59 bits per heavy atom. The largest absolute Gasteiger partial charge is 0.465 e. The first kappa shape index (κ1) is 33.3. The van der Waals surface area contributed by atoms with Crippen LogP contribution in [-0.2, 0) is 27.4 Å². The first-order chi connectivity index (χ1) is 24.8. The van der Waals surface area contributed by atoms with Gasteiger partial charge in [0.1, 0.15) is 24.0 Å².